The Hall–Kier alpha value is -3.19. The second kappa shape index (κ2) is 8.22. The number of carbonyl (C=O) groups excluding carboxylic acids is 2. The van der Waals surface area contributed by atoms with Gasteiger partial charge >= 0.3 is 11.8 Å². The Kier molecular flexibility index (Phi) is 5.34. The number of amides is 2. The Balaban J connectivity index is 1.25. The molecule has 0 bridgehead atoms. The topological polar surface area (TPSA) is 90.1 Å². The highest BCUT2D eigenvalue weighted by Crippen LogP contribution is 2.17. The molecule has 3 N–H and O–H groups in total. The summed E-state index contributed by atoms with van der Waals surface area (Å²) in [6.07, 6.45) is 3.38. The van der Waals surface area contributed by atoms with E-state index in [1.165, 1.54) is 5.56 Å². The van der Waals surface area contributed by atoms with Gasteiger partial charge in [0.2, 0.25) is 0 Å². The molecule has 2 amide bonds. The van der Waals surface area contributed by atoms with Gasteiger partial charge in [-0.25, -0.2) is 0 Å². The maximum absolute atomic E-state index is 12.2. The predicted molar refractivity (Wildman–Crippen MR) is 108 cm³/mol. The molecule has 1 aromatic heterocycles. The van der Waals surface area contributed by atoms with Crippen LogP contribution in [0.5, 0.6) is 0 Å². The van der Waals surface area contributed by atoms with Crippen LogP contribution >= 0.6 is 0 Å². The van der Waals surface area contributed by atoms with Gasteiger partial charge in [0.15, 0.2) is 0 Å². The summed E-state index contributed by atoms with van der Waals surface area (Å²) >= 11 is 0. The van der Waals surface area contributed by atoms with Crippen molar-refractivity contribution in [1.82, 2.24) is 20.4 Å². The molecule has 0 spiro atoms. The molecule has 3 aromatic rings. The lowest BCUT2D eigenvalue weighted by atomic mass is 10.0. The summed E-state index contributed by atoms with van der Waals surface area (Å²) in [5.41, 5.74) is 2.66. The molecule has 144 valence electrons. The minimum atomic E-state index is -0.648. The minimum absolute atomic E-state index is 0.0281. The quantitative estimate of drug-likeness (QED) is 0.609. The number of hydrogen-bond donors (Lipinski definition) is 3. The maximum Gasteiger partial charge on any atom is 0.313 e. The summed E-state index contributed by atoms with van der Waals surface area (Å²) < 4.78 is 0. The Morgan fingerprint density at radius 2 is 1.86 bits per heavy atom. The minimum Gasteiger partial charge on any atom is -0.345 e. The Morgan fingerprint density at radius 1 is 1.07 bits per heavy atom. The van der Waals surface area contributed by atoms with Gasteiger partial charge in [-0.1, -0.05) is 30.3 Å². The zero-order valence-electron chi connectivity index (χ0n) is 15.5. The fourth-order valence-electron chi connectivity index (χ4n) is 3.53. The number of H-pyrrole nitrogens is 1. The van der Waals surface area contributed by atoms with Crippen molar-refractivity contribution in [2.75, 3.05) is 18.4 Å². The number of benzene rings is 2. The molecule has 7 heteroatoms. The van der Waals surface area contributed by atoms with Gasteiger partial charge in [-0.05, 0) is 36.6 Å². The Labute approximate surface area is 163 Å². The summed E-state index contributed by atoms with van der Waals surface area (Å²) in [4.78, 5) is 26.8. The van der Waals surface area contributed by atoms with Gasteiger partial charge in [0.25, 0.3) is 0 Å². The van der Waals surface area contributed by atoms with Gasteiger partial charge in [-0.3, -0.25) is 19.6 Å². The maximum atomic E-state index is 12.2. The van der Waals surface area contributed by atoms with Gasteiger partial charge in [0, 0.05) is 36.7 Å². The van der Waals surface area contributed by atoms with Crippen LogP contribution in [0.3, 0.4) is 0 Å². The highest BCUT2D eigenvalue weighted by molar-refractivity contribution is 6.39. The number of likely N-dealkylation sites (tertiary alicyclic amines) is 1. The molecule has 1 fully saturated rings. The van der Waals surface area contributed by atoms with E-state index in [2.05, 4.69) is 37.9 Å². The molecule has 0 radical (unpaired) electrons. The third-order valence-electron chi connectivity index (χ3n) is 5.08. The highest BCUT2D eigenvalue weighted by Gasteiger charge is 2.23. The fourth-order valence-corrected chi connectivity index (χ4v) is 3.53. The van der Waals surface area contributed by atoms with Crippen LogP contribution in [-0.2, 0) is 16.1 Å². The molecule has 2 aromatic carbocycles. The van der Waals surface area contributed by atoms with Crippen molar-refractivity contribution < 1.29 is 9.59 Å². The van der Waals surface area contributed by atoms with Gasteiger partial charge in [-0.2, -0.15) is 5.10 Å². The summed E-state index contributed by atoms with van der Waals surface area (Å²) in [6.45, 7) is 2.72. The van der Waals surface area contributed by atoms with E-state index < -0.39 is 11.8 Å². The van der Waals surface area contributed by atoms with Crippen molar-refractivity contribution in [3.05, 3.63) is 60.3 Å². The van der Waals surface area contributed by atoms with E-state index in [4.69, 9.17) is 0 Å². The van der Waals surface area contributed by atoms with Gasteiger partial charge in [-0.15, -0.1) is 0 Å². The number of rotatable bonds is 4. The van der Waals surface area contributed by atoms with Crippen LogP contribution in [0.25, 0.3) is 10.9 Å². The number of piperidine rings is 1. The zero-order chi connectivity index (χ0) is 19.3. The summed E-state index contributed by atoms with van der Waals surface area (Å²) in [5, 5.41) is 13.2. The van der Waals surface area contributed by atoms with Gasteiger partial charge in [0.05, 0.1) is 11.7 Å². The van der Waals surface area contributed by atoms with Crippen LogP contribution < -0.4 is 10.6 Å². The van der Waals surface area contributed by atoms with E-state index in [9.17, 15) is 9.59 Å². The summed E-state index contributed by atoms with van der Waals surface area (Å²) in [5.74, 6) is -1.24. The van der Waals surface area contributed by atoms with Crippen LogP contribution in [0.1, 0.15) is 18.4 Å². The number of aromatic amines is 1. The van der Waals surface area contributed by atoms with Crippen molar-refractivity contribution >= 4 is 28.4 Å². The van der Waals surface area contributed by atoms with Gasteiger partial charge in [0.1, 0.15) is 0 Å². The zero-order valence-corrected chi connectivity index (χ0v) is 15.5. The summed E-state index contributed by atoms with van der Waals surface area (Å²) in [7, 11) is 0. The van der Waals surface area contributed by atoms with Crippen molar-refractivity contribution in [2.24, 2.45) is 0 Å². The molecular weight excluding hydrogens is 354 g/mol. The van der Waals surface area contributed by atoms with Crippen LogP contribution in [0.15, 0.2) is 54.7 Å². The van der Waals surface area contributed by atoms with Crippen LogP contribution in [0.2, 0.25) is 0 Å². The SMILES string of the molecule is O=C(Nc1ccc2cn[nH]c2c1)C(=O)NC1CCN(Cc2ccccc2)CC1. The second-order valence-corrected chi connectivity index (χ2v) is 7.14. The van der Waals surface area contributed by atoms with E-state index in [1.807, 2.05) is 24.3 Å². The lowest BCUT2D eigenvalue weighted by Crippen LogP contribution is -2.47. The molecule has 4 rings (SSSR count). The monoisotopic (exact) mass is 377 g/mol. The van der Waals surface area contributed by atoms with Crippen LogP contribution in [-0.4, -0.2) is 46.0 Å². The first-order chi connectivity index (χ1) is 13.7. The molecule has 2 heterocycles. The smallest absolute Gasteiger partial charge is 0.313 e. The first-order valence-electron chi connectivity index (χ1n) is 9.48. The number of anilines is 1. The average Bonchev–Trinajstić information content (AvgIpc) is 3.18. The van der Waals surface area contributed by atoms with E-state index >= 15 is 0 Å². The standard InChI is InChI=1S/C21H23N5O2/c27-20(21(28)24-18-7-6-16-13-22-25-19(16)12-18)23-17-8-10-26(11-9-17)14-15-4-2-1-3-5-15/h1-7,12-13,17H,8-11,14H2,(H,22,25)(H,23,27)(H,24,28). The number of hydrogen-bond acceptors (Lipinski definition) is 4. The molecule has 1 aliphatic heterocycles. The Bertz CT molecular complexity index is 961. The van der Waals surface area contributed by atoms with E-state index in [1.54, 1.807) is 18.3 Å². The number of nitrogens with zero attached hydrogens (tertiary/aromatic N) is 2. The third-order valence-corrected chi connectivity index (χ3v) is 5.08. The number of nitrogens with one attached hydrogen (secondary N) is 3. The summed E-state index contributed by atoms with van der Waals surface area (Å²) in [6, 6.07) is 15.7. The average molecular weight is 377 g/mol. The number of carbonyl (C=O) groups is 2. The highest BCUT2D eigenvalue weighted by atomic mass is 16.2. The lowest BCUT2D eigenvalue weighted by Gasteiger charge is -2.32. The lowest BCUT2D eigenvalue weighted by molar-refractivity contribution is -0.136. The van der Waals surface area contributed by atoms with Gasteiger partial charge < -0.3 is 10.6 Å². The van der Waals surface area contributed by atoms with Crippen LogP contribution in [0.4, 0.5) is 5.69 Å². The molecule has 0 atom stereocenters. The normalized spacial score (nSPS) is 15.4. The molecule has 7 nitrogen and oxygen atoms in total. The molecule has 0 aliphatic carbocycles. The Morgan fingerprint density at radius 3 is 2.64 bits per heavy atom. The fraction of sp³-hybridized carbons (Fsp3) is 0.286. The predicted octanol–water partition coefficient (Wildman–Crippen LogP) is 2.28. The molecule has 0 unspecified atom stereocenters. The van der Waals surface area contributed by atoms with E-state index in [0.29, 0.717) is 5.69 Å². The second-order valence-electron chi connectivity index (χ2n) is 7.14. The molecule has 0 saturated carbocycles. The van der Waals surface area contributed by atoms with Crippen molar-refractivity contribution in [3.8, 4) is 0 Å². The largest absolute Gasteiger partial charge is 0.345 e. The molecule has 1 saturated heterocycles. The molecular formula is C21H23N5O2. The van der Waals surface area contributed by atoms with E-state index in [0.717, 1.165) is 43.4 Å². The van der Waals surface area contributed by atoms with Crippen molar-refractivity contribution in [3.63, 3.8) is 0 Å². The third kappa shape index (κ3) is 4.37. The first-order valence-corrected chi connectivity index (χ1v) is 9.48. The molecule has 1 aliphatic rings. The van der Waals surface area contributed by atoms with E-state index in [-0.39, 0.29) is 6.04 Å². The number of fused-ring (bicyclic) bond motifs is 1. The first kappa shape index (κ1) is 18.2. The van der Waals surface area contributed by atoms with Crippen molar-refractivity contribution in [2.45, 2.75) is 25.4 Å². The van der Waals surface area contributed by atoms with Crippen LogP contribution in [0, 0.1) is 0 Å². The van der Waals surface area contributed by atoms with Crippen molar-refractivity contribution in [1.29, 1.82) is 0 Å². The number of aromatic nitrogens is 2. The molecule has 28 heavy (non-hydrogen) atoms.